The number of hydrogen-bond acceptors (Lipinski definition) is 5. The van der Waals surface area contributed by atoms with Crippen LogP contribution in [0, 0.1) is 13.8 Å². The zero-order valence-corrected chi connectivity index (χ0v) is 15.9. The Morgan fingerprint density at radius 1 is 0.889 bits per heavy atom. The Bertz CT molecular complexity index is 1150. The van der Waals surface area contributed by atoms with Gasteiger partial charge in [0.05, 0.1) is 22.3 Å². The molecule has 0 aliphatic carbocycles. The number of para-hydroxylation sites is 2. The van der Waals surface area contributed by atoms with Crippen LogP contribution in [-0.2, 0) is 5.75 Å². The molecule has 2 aromatic heterocycles. The maximum atomic E-state index is 13.2. The fourth-order valence-electron chi connectivity index (χ4n) is 3.01. The van der Waals surface area contributed by atoms with Crippen molar-refractivity contribution in [2.24, 2.45) is 0 Å². The molecule has 0 spiro atoms. The Kier molecular flexibility index (Phi) is 4.73. The predicted molar refractivity (Wildman–Crippen MR) is 108 cm³/mol. The largest absolute Gasteiger partial charge is 0.268 e. The molecule has 0 amide bonds. The molecule has 2 aromatic carbocycles. The lowest BCUT2D eigenvalue weighted by Crippen LogP contribution is -2.23. The van der Waals surface area contributed by atoms with Crippen molar-refractivity contribution in [2.45, 2.75) is 24.8 Å². The molecule has 0 atom stereocenters. The van der Waals surface area contributed by atoms with Crippen LogP contribution in [0.3, 0.4) is 0 Å². The fraction of sp³-hybridized carbons (Fsp3) is 0.143. The number of thioether (sulfide) groups is 1. The van der Waals surface area contributed by atoms with Crippen molar-refractivity contribution in [2.75, 3.05) is 0 Å². The van der Waals surface area contributed by atoms with E-state index in [0.29, 0.717) is 27.6 Å². The normalized spacial score (nSPS) is 11.0. The van der Waals surface area contributed by atoms with E-state index in [1.54, 1.807) is 4.57 Å². The van der Waals surface area contributed by atoms with Crippen molar-refractivity contribution in [1.29, 1.82) is 0 Å². The molecule has 0 N–H and O–H groups in total. The topological polar surface area (TPSA) is 60.7 Å². The molecule has 0 saturated heterocycles. The first kappa shape index (κ1) is 17.4. The van der Waals surface area contributed by atoms with Gasteiger partial charge in [-0.05, 0) is 44.2 Å². The highest BCUT2D eigenvalue weighted by Crippen LogP contribution is 2.21. The smallest absolute Gasteiger partial charge is 0.265 e. The van der Waals surface area contributed by atoms with Crippen LogP contribution in [0.15, 0.2) is 70.6 Å². The average molecular weight is 374 g/mol. The van der Waals surface area contributed by atoms with Gasteiger partial charge in [0.2, 0.25) is 0 Å². The summed E-state index contributed by atoms with van der Waals surface area (Å²) < 4.78 is 1.68. The molecule has 27 heavy (non-hydrogen) atoms. The lowest BCUT2D eigenvalue weighted by molar-refractivity contribution is 0.871. The van der Waals surface area contributed by atoms with Crippen molar-refractivity contribution in [1.82, 2.24) is 19.5 Å². The van der Waals surface area contributed by atoms with Gasteiger partial charge in [-0.15, -0.1) is 0 Å². The number of hydrogen-bond donors (Lipinski definition) is 0. The van der Waals surface area contributed by atoms with Gasteiger partial charge in [-0.2, -0.15) is 0 Å². The Morgan fingerprint density at radius 2 is 1.56 bits per heavy atom. The molecule has 0 fully saturated rings. The van der Waals surface area contributed by atoms with Gasteiger partial charge >= 0.3 is 0 Å². The monoisotopic (exact) mass is 374 g/mol. The summed E-state index contributed by atoms with van der Waals surface area (Å²) in [5.41, 5.74) is 3.29. The predicted octanol–water partition coefficient (Wildman–Crippen LogP) is 4.08. The molecule has 0 saturated carbocycles. The number of benzene rings is 2. The molecule has 2 heterocycles. The van der Waals surface area contributed by atoms with Crippen LogP contribution < -0.4 is 5.56 Å². The zero-order chi connectivity index (χ0) is 18.8. The number of aryl methyl sites for hydroxylation is 2. The van der Waals surface area contributed by atoms with Crippen molar-refractivity contribution < 1.29 is 0 Å². The van der Waals surface area contributed by atoms with Gasteiger partial charge in [-0.25, -0.2) is 15.0 Å². The van der Waals surface area contributed by atoms with E-state index in [2.05, 4.69) is 9.97 Å². The van der Waals surface area contributed by atoms with Gasteiger partial charge in [0, 0.05) is 11.4 Å². The number of rotatable bonds is 4. The van der Waals surface area contributed by atoms with E-state index in [-0.39, 0.29) is 5.56 Å². The summed E-state index contributed by atoms with van der Waals surface area (Å²) in [5.74, 6) is 1.18. The highest BCUT2D eigenvalue weighted by atomic mass is 32.2. The van der Waals surface area contributed by atoms with Crippen LogP contribution in [0.4, 0.5) is 0 Å². The molecular weight excluding hydrogens is 356 g/mol. The van der Waals surface area contributed by atoms with E-state index < -0.39 is 0 Å². The van der Waals surface area contributed by atoms with Gasteiger partial charge in [0.25, 0.3) is 5.56 Å². The highest BCUT2D eigenvalue weighted by molar-refractivity contribution is 7.98. The summed E-state index contributed by atoms with van der Waals surface area (Å²) in [6, 6.07) is 19.0. The maximum absolute atomic E-state index is 13.2. The van der Waals surface area contributed by atoms with Gasteiger partial charge in [0.1, 0.15) is 5.82 Å². The molecule has 0 aliphatic heterocycles. The average Bonchev–Trinajstić information content (AvgIpc) is 2.66. The standard InChI is InChI=1S/C21H18N4OS/c1-14-12-15(2)23-21(22-14)27-13-19-24-18-11-7-6-10-17(18)20(26)25(19)16-8-4-3-5-9-16/h3-12H,13H2,1-2H3. The van der Waals surface area contributed by atoms with Crippen molar-refractivity contribution in [3.8, 4) is 5.69 Å². The number of aromatic nitrogens is 4. The van der Waals surface area contributed by atoms with Gasteiger partial charge in [-0.3, -0.25) is 9.36 Å². The highest BCUT2D eigenvalue weighted by Gasteiger charge is 2.13. The maximum Gasteiger partial charge on any atom is 0.265 e. The van der Waals surface area contributed by atoms with Crippen LogP contribution in [-0.4, -0.2) is 19.5 Å². The molecule has 134 valence electrons. The van der Waals surface area contributed by atoms with Crippen LogP contribution in [0.25, 0.3) is 16.6 Å². The van der Waals surface area contributed by atoms with E-state index in [1.165, 1.54) is 11.8 Å². The lowest BCUT2D eigenvalue weighted by atomic mass is 10.2. The first-order chi connectivity index (χ1) is 13.1. The molecule has 4 rings (SSSR count). The van der Waals surface area contributed by atoms with Crippen molar-refractivity contribution >= 4 is 22.7 Å². The third-order valence-electron chi connectivity index (χ3n) is 4.15. The second-order valence-corrected chi connectivity index (χ2v) is 7.19. The molecule has 0 unspecified atom stereocenters. The van der Waals surface area contributed by atoms with E-state index in [9.17, 15) is 4.79 Å². The minimum absolute atomic E-state index is 0.0660. The second-order valence-electron chi connectivity index (χ2n) is 6.24. The van der Waals surface area contributed by atoms with Crippen LogP contribution in [0.1, 0.15) is 17.2 Å². The number of nitrogens with zero attached hydrogens (tertiary/aromatic N) is 4. The zero-order valence-electron chi connectivity index (χ0n) is 15.1. The molecular formula is C21H18N4OS. The molecule has 5 nitrogen and oxygen atoms in total. The Morgan fingerprint density at radius 3 is 2.30 bits per heavy atom. The molecule has 0 radical (unpaired) electrons. The van der Waals surface area contributed by atoms with E-state index >= 15 is 0 Å². The van der Waals surface area contributed by atoms with Crippen LogP contribution in [0.5, 0.6) is 0 Å². The third kappa shape index (κ3) is 3.61. The van der Waals surface area contributed by atoms with Crippen LogP contribution >= 0.6 is 11.8 Å². The van der Waals surface area contributed by atoms with E-state index in [4.69, 9.17) is 4.98 Å². The summed E-state index contributed by atoms with van der Waals surface area (Å²) in [6.45, 7) is 3.90. The Hall–Kier alpha value is -2.99. The second kappa shape index (κ2) is 7.32. The molecule has 0 aliphatic rings. The Labute approximate surface area is 161 Å². The fourth-order valence-corrected chi connectivity index (χ4v) is 3.88. The summed E-state index contributed by atoms with van der Waals surface area (Å²) in [7, 11) is 0. The first-order valence-corrected chi connectivity index (χ1v) is 9.61. The molecule has 6 heteroatoms. The Balaban J connectivity index is 1.82. The van der Waals surface area contributed by atoms with Gasteiger partial charge in [-0.1, -0.05) is 42.1 Å². The summed E-state index contributed by atoms with van der Waals surface area (Å²) in [6.07, 6.45) is 0. The first-order valence-electron chi connectivity index (χ1n) is 8.63. The van der Waals surface area contributed by atoms with Crippen molar-refractivity contribution in [3.63, 3.8) is 0 Å². The quantitative estimate of drug-likeness (QED) is 0.398. The van der Waals surface area contributed by atoms with Crippen molar-refractivity contribution in [3.05, 3.63) is 88.2 Å². The van der Waals surface area contributed by atoms with Gasteiger partial charge in [0.15, 0.2) is 5.16 Å². The summed E-state index contributed by atoms with van der Waals surface area (Å²) >= 11 is 1.48. The van der Waals surface area contributed by atoms with Gasteiger partial charge < -0.3 is 0 Å². The third-order valence-corrected chi connectivity index (χ3v) is 5.00. The minimum atomic E-state index is -0.0660. The summed E-state index contributed by atoms with van der Waals surface area (Å²) in [5, 5.41) is 1.30. The van der Waals surface area contributed by atoms with E-state index in [1.807, 2.05) is 74.5 Å². The van der Waals surface area contributed by atoms with E-state index in [0.717, 1.165) is 17.1 Å². The number of fused-ring (bicyclic) bond motifs is 1. The SMILES string of the molecule is Cc1cc(C)nc(SCc2nc3ccccc3c(=O)n2-c2ccccc2)n1. The van der Waals surface area contributed by atoms with Crippen LogP contribution in [0.2, 0.25) is 0 Å². The lowest BCUT2D eigenvalue weighted by Gasteiger charge is -2.13. The minimum Gasteiger partial charge on any atom is -0.268 e. The molecule has 4 aromatic rings. The molecule has 0 bridgehead atoms. The summed E-state index contributed by atoms with van der Waals surface area (Å²) in [4.78, 5) is 26.9.